The number of nitrogens with one attached hydrogen (secondary N) is 1. The van der Waals surface area contributed by atoms with Gasteiger partial charge in [0.05, 0.1) is 6.61 Å². The first-order chi connectivity index (χ1) is 9.58. The molecule has 0 radical (unpaired) electrons. The fourth-order valence-electron chi connectivity index (χ4n) is 3.14. The minimum absolute atomic E-state index is 0.0219. The van der Waals surface area contributed by atoms with E-state index in [1.54, 1.807) is 7.11 Å². The maximum atomic E-state index is 12.7. The summed E-state index contributed by atoms with van der Waals surface area (Å²) < 4.78 is 5.15. The second-order valence-corrected chi connectivity index (χ2v) is 6.10. The van der Waals surface area contributed by atoms with Gasteiger partial charge in [0.25, 0.3) is 0 Å². The zero-order valence-corrected chi connectivity index (χ0v) is 13.7. The molecule has 20 heavy (non-hydrogen) atoms. The summed E-state index contributed by atoms with van der Waals surface area (Å²) in [6.45, 7) is 5.57. The van der Waals surface area contributed by atoms with Gasteiger partial charge < -0.3 is 15.0 Å². The number of carbonyl (C=O) groups is 1. The number of nitrogens with zero attached hydrogens (tertiary/aromatic N) is 1. The molecule has 1 atom stereocenters. The third-order valence-electron chi connectivity index (χ3n) is 4.81. The lowest BCUT2D eigenvalue weighted by Gasteiger charge is -2.39. The lowest BCUT2D eigenvalue weighted by molar-refractivity contribution is -0.136. The SMILES string of the molecule is CCC(C)N(CCOC)C(=O)CC1(NC)CCCCC1. The van der Waals surface area contributed by atoms with Crippen LogP contribution in [0.15, 0.2) is 0 Å². The van der Waals surface area contributed by atoms with Crippen LogP contribution >= 0.6 is 0 Å². The average molecular weight is 284 g/mol. The van der Waals surface area contributed by atoms with E-state index in [9.17, 15) is 4.79 Å². The summed E-state index contributed by atoms with van der Waals surface area (Å²) in [5.74, 6) is 0.271. The lowest BCUT2D eigenvalue weighted by Crippen LogP contribution is -2.50. The number of methoxy groups -OCH3 is 1. The number of hydrogen-bond donors (Lipinski definition) is 1. The van der Waals surface area contributed by atoms with Crippen LogP contribution in [-0.2, 0) is 9.53 Å². The fourth-order valence-corrected chi connectivity index (χ4v) is 3.14. The standard InChI is InChI=1S/C16H32N2O2/c1-5-14(2)18(11-12-20-4)15(19)13-16(17-3)9-7-6-8-10-16/h14,17H,5-13H2,1-4H3. The molecular formula is C16H32N2O2. The first kappa shape index (κ1) is 17.4. The molecule has 1 unspecified atom stereocenters. The van der Waals surface area contributed by atoms with Crippen molar-refractivity contribution in [2.24, 2.45) is 0 Å². The molecule has 4 heteroatoms. The van der Waals surface area contributed by atoms with Gasteiger partial charge >= 0.3 is 0 Å². The maximum Gasteiger partial charge on any atom is 0.224 e. The van der Waals surface area contributed by atoms with Crippen molar-refractivity contribution < 1.29 is 9.53 Å². The summed E-state index contributed by atoms with van der Waals surface area (Å²) in [6, 6.07) is 0.287. The van der Waals surface area contributed by atoms with Crippen LogP contribution in [0, 0.1) is 0 Å². The van der Waals surface area contributed by atoms with Crippen molar-refractivity contribution in [1.29, 1.82) is 0 Å². The highest BCUT2D eigenvalue weighted by atomic mass is 16.5. The number of hydrogen-bond acceptors (Lipinski definition) is 3. The molecule has 0 aliphatic heterocycles. The summed E-state index contributed by atoms with van der Waals surface area (Å²) in [6.07, 6.45) is 7.61. The molecule has 1 fully saturated rings. The summed E-state index contributed by atoms with van der Waals surface area (Å²) in [7, 11) is 3.69. The predicted molar refractivity (Wildman–Crippen MR) is 82.8 cm³/mol. The Kier molecular flexibility index (Phi) is 7.52. The van der Waals surface area contributed by atoms with Crippen molar-refractivity contribution in [2.45, 2.75) is 70.4 Å². The van der Waals surface area contributed by atoms with Crippen LogP contribution in [0.5, 0.6) is 0 Å². The molecule has 0 spiro atoms. The monoisotopic (exact) mass is 284 g/mol. The van der Waals surface area contributed by atoms with Gasteiger partial charge in [-0.25, -0.2) is 0 Å². The van der Waals surface area contributed by atoms with E-state index in [-0.39, 0.29) is 17.5 Å². The van der Waals surface area contributed by atoms with Gasteiger partial charge in [-0.2, -0.15) is 0 Å². The normalized spacial score (nSPS) is 19.6. The van der Waals surface area contributed by atoms with Crippen LogP contribution < -0.4 is 5.32 Å². The number of amides is 1. The molecule has 1 rings (SSSR count). The summed E-state index contributed by atoms with van der Waals surface area (Å²) in [5, 5.41) is 3.44. The van der Waals surface area contributed by atoms with Gasteiger partial charge in [-0.1, -0.05) is 26.2 Å². The Balaban J connectivity index is 2.67. The summed E-state index contributed by atoms with van der Waals surface area (Å²) in [5.41, 5.74) is 0.0219. The smallest absolute Gasteiger partial charge is 0.224 e. The molecule has 0 aromatic heterocycles. The average Bonchev–Trinajstić information content (AvgIpc) is 2.48. The molecule has 4 nitrogen and oxygen atoms in total. The minimum Gasteiger partial charge on any atom is -0.383 e. The maximum absolute atomic E-state index is 12.7. The van der Waals surface area contributed by atoms with E-state index in [1.165, 1.54) is 19.3 Å². The van der Waals surface area contributed by atoms with Crippen LogP contribution in [0.2, 0.25) is 0 Å². The zero-order valence-electron chi connectivity index (χ0n) is 13.7. The van der Waals surface area contributed by atoms with Crippen LogP contribution in [0.1, 0.15) is 58.8 Å². The second kappa shape index (κ2) is 8.63. The largest absolute Gasteiger partial charge is 0.383 e. The molecule has 1 N–H and O–H groups in total. The highest BCUT2D eigenvalue weighted by molar-refractivity contribution is 5.77. The van der Waals surface area contributed by atoms with Gasteiger partial charge in [0.2, 0.25) is 5.91 Å². The first-order valence-corrected chi connectivity index (χ1v) is 8.06. The van der Waals surface area contributed by atoms with Crippen LogP contribution in [-0.4, -0.2) is 49.7 Å². The van der Waals surface area contributed by atoms with Crippen molar-refractivity contribution in [3.63, 3.8) is 0 Å². The fraction of sp³-hybridized carbons (Fsp3) is 0.938. The molecule has 0 heterocycles. The number of carbonyl (C=O) groups excluding carboxylic acids is 1. The molecule has 0 saturated heterocycles. The third kappa shape index (κ3) is 4.74. The van der Waals surface area contributed by atoms with Crippen molar-refractivity contribution in [3.05, 3.63) is 0 Å². The van der Waals surface area contributed by atoms with E-state index in [4.69, 9.17) is 4.74 Å². The van der Waals surface area contributed by atoms with Gasteiger partial charge in [-0.15, -0.1) is 0 Å². The Hall–Kier alpha value is -0.610. The minimum atomic E-state index is 0.0219. The Morgan fingerprint density at radius 2 is 2.00 bits per heavy atom. The van der Waals surface area contributed by atoms with Gasteiger partial charge in [-0.3, -0.25) is 4.79 Å². The van der Waals surface area contributed by atoms with Gasteiger partial charge in [-0.05, 0) is 33.2 Å². The van der Waals surface area contributed by atoms with Crippen molar-refractivity contribution in [3.8, 4) is 0 Å². The molecule has 0 bridgehead atoms. The van der Waals surface area contributed by atoms with Crippen LogP contribution in [0.3, 0.4) is 0 Å². The number of ether oxygens (including phenoxy) is 1. The lowest BCUT2D eigenvalue weighted by atomic mass is 9.79. The van der Waals surface area contributed by atoms with E-state index in [0.717, 1.165) is 19.3 Å². The molecule has 1 aliphatic carbocycles. The summed E-state index contributed by atoms with van der Waals surface area (Å²) >= 11 is 0. The van der Waals surface area contributed by atoms with Crippen LogP contribution in [0.25, 0.3) is 0 Å². The zero-order chi connectivity index (χ0) is 15.0. The molecular weight excluding hydrogens is 252 g/mol. The second-order valence-electron chi connectivity index (χ2n) is 6.10. The van der Waals surface area contributed by atoms with E-state index >= 15 is 0 Å². The number of rotatable bonds is 8. The first-order valence-electron chi connectivity index (χ1n) is 8.06. The molecule has 1 saturated carbocycles. The quantitative estimate of drug-likeness (QED) is 0.745. The molecule has 1 amide bonds. The van der Waals surface area contributed by atoms with Crippen molar-refractivity contribution in [2.75, 3.05) is 27.3 Å². The predicted octanol–water partition coefficient (Wildman–Crippen LogP) is 2.57. The molecule has 118 valence electrons. The Bertz CT molecular complexity index is 288. The van der Waals surface area contributed by atoms with Crippen LogP contribution in [0.4, 0.5) is 0 Å². The van der Waals surface area contributed by atoms with Gasteiger partial charge in [0, 0.05) is 31.7 Å². The summed E-state index contributed by atoms with van der Waals surface area (Å²) in [4.78, 5) is 14.7. The van der Waals surface area contributed by atoms with Gasteiger partial charge in [0.1, 0.15) is 0 Å². The van der Waals surface area contributed by atoms with E-state index in [1.807, 2.05) is 11.9 Å². The molecule has 1 aliphatic rings. The van der Waals surface area contributed by atoms with E-state index < -0.39 is 0 Å². The molecule has 0 aromatic rings. The Morgan fingerprint density at radius 3 is 2.50 bits per heavy atom. The third-order valence-corrected chi connectivity index (χ3v) is 4.81. The molecule has 0 aromatic carbocycles. The van der Waals surface area contributed by atoms with E-state index in [0.29, 0.717) is 19.6 Å². The van der Waals surface area contributed by atoms with Crippen molar-refractivity contribution in [1.82, 2.24) is 10.2 Å². The Morgan fingerprint density at radius 1 is 1.35 bits per heavy atom. The topological polar surface area (TPSA) is 41.6 Å². The van der Waals surface area contributed by atoms with E-state index in [2.05, 4.69) is 19.2 Å². The highest BCUT2D eigenvalue weighted by Gasteiger charge is 2.34. The highest BCUT2D eigenvalue weighted by Crippen LogP contribution is 2.31. The van der Waals surface area contributed by atoms with Gasteiger partial charge in [0.15, 0.2) is 0 Å². The Labute approximate surface area is 124 Å². The van der Waals surface area contributed by atoms with Crippen molar-refractivity contribution >= 4 is 5.91 Å².